The molecule has 2 N–H and O–H groups in total. The molecule has 1 aliphatic heterocycles. The van der Waals surface area contributed by atoms with Gasteiger partial charge in [-0.05, 0) is 24.5 Å². The minimum absolute atomic E-state index is 0.0680. The highest BCUT2D eigenvalue weighted by atomic mass is 32.2. The summed E-state index contributed by atoms with van der Waals surface area (Å²) >= 11 is 0. The number of benzene rings is 1. The molecule has 1 aromatic rings. The van der Waals surface area contributed by atoms with E-state index in [2.05, 4.69) is 0 Å². The fourth-order valence-corrected chi connectivity index (χ4v) is 3.49. The Morgan fingerprint density at radius 1 is 1.43 bits per heavy atom. The second kappa shape index (κ2) is 5.61. The van der Waals surface area contributed by atoms with Gasteiger partial charge in [-0.25, -0.2) is 8.42 Å². The third-order valence-electron chi connectivity index (χ3n) is 3.87. The first-order valence-electron chi connectivity index (χ1n) is 6.70. The van der Waals surface area contributed by atoms with Crippen LogP contribution in [0.4, 0.5) is 11.4 Å². The molecule has 8 heteroatoms. The molecule has 1 heterocycles. The molecule has 2 rings (SSSR count). The van der Waals surface area contributed by atoms with Crippen LogP contribution in [0.3, 0.4) is 0 Å². The molecule has 7 nitrogen and oxygen atoms in total. The Morgan fingerprint density at radius 2 is 2.10 bits per heavy atom. The van der Waals surface area contributed by atoms with Crippen LogP contribution in [-0.2, 0) is 9.84 Å². The summed E-state index contributed by atoms with van der Waals surface area (Å²) in [6.07, 6.45) is 1.70. The summed E-state index contributed by atoms with van der Waals surface area (Å²) in [4.78, 5) is 12.4. The smallest absolute Gasteiger partial charge is 0.311 e. The number of nitrogens with zero attached hydrogens (tertiary/aromatic N) is 2. The molecule has 0 aromatic heterocycles. The molecule has 0 amide bonds. The van der Waals surface area contributed by atoms with Gasteiger partial charge in [-0.2, -0.15) is 0 Å². The van der Waals surface area contributed by atoms with Crippen molar-refractivity contribution in [3.05, 3.63) is 28.3 Å². The van der Waals surface area contributed by atoms with Crippen LogP contribution in [-0.4, -0.2) is 38.7 Å². The number of hydrogen-bond donors (Lipinski definition) is 1. The standard InChI is InChI=1S/C13H19N3O4S/c1-9-8-15(7-6-10(9)14)11-4-3-5-12(21(2,19)20)13(11)16(17)18/h3-5,9-10H,6-8,14H2,1-2H3. The Kier molecular flexibility index (Phi) is 4.20. The molecule has 0 bridgehead atoms. The van der Waals surface area contributed by atoms with Crippen LogP contribution in [0.15, 0.2) is 23.1 Å². The Hall–Kier alpha value is -1.67. The summed E-state index contributed by atoms with van der Waals surface area (Å²) in [5.74, 6) is 0.195. The average Bonchev–Trinajstić information content (AvgIpc) is 2.40. The van der Waals surface area contributed by atoms with E-state index < -0.39 is 14.8 Å². The van der Waals surface area contributed by atoms with Crippen LogP contribution in [0.5, 0.6) is 0 Å². The zero-order chi connectivity index (χ0) is 15.8. The molecule has 1 aromatic carbocycles. The third kappa shape index (κ3) is 3.16. The number of para-hydroxylation sites is 1. The SMILES string of the molecule is CC1CN(c2cccc(S(C)(=O)=O)c2[N+](=O)[O-])CCC1N. The first-order chi connectivity index (χ1) is 9.71. The van der Waals surface area contributed by atoms with Gasteiger partial charge in [0, 0.05) is 25.4 Å². The van der Waals surface area contributed by atoms with Crippen molar-refractivity contribution in [2.75, 3.05) is 24.2 Å². The molecule has 2 atom stereocenters. The van der Waals surface area contributed by atoms with Crippen molar-refractivity contribution in [3.63, 3.8) is 0 Å². The maximum atomic E-state index is 11.8. The predicted molar refractivity (Wildman–Crippen MR) is 80.2 cm³/mol. The Bertz CT molecular complexity index is 659. The van der Waals surface area contributed by atoms with E-state index in [1.54, 1.807) is 6.07 Å². The van der Waals surface area contributed by atoms with E-state index in [-0.39, 0.29) is 22.5 Å². The quantitative estimate of drug-likeness (QED) is 0.663. The monoisotopic (exact) mass is 313 g/mol. The molecule has 1 fully saturated rings. The summed E-state index contributed by atoms with van der Waals surface area (Å²) in [7, 11) is -3.66. The van der Waals surface area contributed by atoms with E-state index in [1.165, 1.54) is 12.1 Å². The fourth-order valence-electron chi connectivity index (χ4n) is 2.63. The highest BCUT2D eigenvalue weighted by Crippen LogP contribution is 2.36. The topological polar surface area (TPSA) is 107 Å². The molecule has 21 heavy (non-hydrogen) atoms. The number of piperidine rings is 1. The van der Waals surface area contributed by atoms with Crippen molar-refractivity contribution >= 4 is 21.2 Å². The molecular formula is C13H19N3O4S. The zero-order valence-corrected chi connectivity index (χ0v) is 12.8. The van der Waals surface area contributed by atoms with E-state index in [0.29, 0.717) is 18.8 Å². The lowest BCUT2D eigenvalue weighted by molar-refractivity contribution is -0.387. The van der Waals surface area contributed by atoms with E-state index in [0.717, 1.165) is 12.7 Å². The minimum atomic E-state index is -3.66. The summed E-state index contributed by atoms with van der Waals surface area (Å²) < 4.78 is 23.5. The first-order valence-corrected chi connectivity index (χ1v) is 8.59. The molecule has 1 saturated heterocycles. The maximum Gasteiger partial charge on any atom is 0.311 e. The van der Waals surface area contributed by atoms with Gasteiger partial charge in [0.05, 0.1) is 4.92 Å². The minimum Gasteiger partial charge on any atom is -0.366 e. The molecule has 0 radical (unpaired) electrons. The van der Waals surface area contributed by atoms with E-state index >= 15 is 0 Å². The molecule has 2 unspecified atom stereocenters. The summed E-state index contributed by atoms with van der Waals surface area (Å²) in [5, 5.41) is 11.4. The van der Waals surface area contributed by atoms with Gasteiger partial charge >= 0.3 is 5.69 Å². The number of anilines is 1. The number of hydrogen-bond acceptors (Lipinski definition) is 6. The molecule has 1 aliphatic rings. The van der Waals surface area contributed by atoms with Crippen LogP contribution in [0.1, 0.15) is 13.3 Å². The van der Waals surface area contributed by atoms with Crippen molar-refractivity contribution in [2.24, 2.45) is 11.7 Å². The molecule has 116 valence electrons. The zero-order valence-electron chi connectivity index (χ0n) is 12.0. The summed E-state index contributed by atoms with van der Waals surface area (Å²) in [5.41, 5.74) is 5.96. The first kappa shape index (κ1) is 15.7. The highest BCUT2D eigenvalue weighted by Gasteiger charge is 2.31. The van der Waals surface area contributed by atoms with Crippen LogP contribution >= 0.6 is 0 Å². The third-order valence-corrected chi connectivity index (χ3v) is 5.00. The Morgan fingerprint density at radius 3 is 2.62 bits per heavy atom. The lowest BCUT2D eigenvalue weighted by atomic mass is 9.94. The van der Waals surface area contributed by atoms with E-state index in [1.807, 2.05) is 11.8 Å². The van der Waals surface area contributed by atoms with Gasteiger partial charge in [0.25, 0.3) is 0 Å². The van der Waals surface area contributed by atoms with Crippen LogP contribution < -0.4 is 10.6 Å². The number of nitrogens with two attached hydrogens (primary N) is 1. The van der Waals surface area contributed by atoms with Crippen molar-refractivity contribution in [1.29, 1.82) is 0 Å². The van der Waals surface area contributed by atoms with Gasteiger partial charge in [0.15, 0.2) is 9.84 Å². The predicted octanol–water partition coefficient (Wildman–Crippen LogP) is 1.17. The largest absolute Gasteiger partial charge is 0.366 e. The van der Waals surface area contributed by atoms with Crippen LogP contribution in [0.25, 0.3) is 0 Å². The second-order valence-corrected chi connectivity index (χ2v) is 7.51. The number of sulfone groups is 1. The number of nitro benzene ring substituents is 1. The van der Waals surface area contributed by atoms with Crippen molar-refractivity contribution < 1.29 is 13.3 Å². The van der Waals surface area contributed by atoms with Crippen LogP contribution in [0.2, 0.25) is 0 Å². The number of rotatable bonds is 3. The molecular weight excluding hydrogens is 294 g/mol. The highest BCUT2D eigenvalue weighted by molar-refractivity contribution is 7.90. The second-order valence-electron chi connectivity index (χ2n) is 5.53. The van der Waals surface area contributed by atoms with Crippen LogP contribution in [0, 0.1) is 16.0 Å². The van der Waals surface area contributed by atoms with Gasteiger partial charge in [-0.15, -0.1) is 0 Å². The van der Waals surface area contributed by atoms with Gasteiger partial charge < -0.3 is 10.6 Å². The average molecular weight is 313 g/mol. The van der Waals surface area contributed by atoms with Gasteiger partial charge in [0.1, 0.15) is 10.6 Å². The van der Waals surface area contributed by atoms with Crippen molar-refractivity contribution in [1.82, 2.24) is 0 Å². The van der Waals surface area contributed by atoms with Gasteiger partial charge in [-0.1, -0.05) is 13.0 Å². The van der Waals surface area contributed by atoms with Crippen molar-refractivity contribution in [2.45, 2.75) is 24.3 Å². The van der Waals surface area contributed by atoms with E-state index in [9.17, 15) is 18.5 Å². The normalized spacial score (nSPS) is 23.1. The van der Waals surface area contributed by atoms with Crippen molar-refractivity contribution in [3.8, 4) is 0 Å². The van der Waals surface area contributed by atoms with Gasteiger partial charge in [0.2, 0.25) is 0 Å². The molecule has 0 spiro atoms. The lowest BCUT2D eigenvalue weighted by Gasteiger charge is -2.36. The summed E-state index contributed by atoms with van der Waals surface area (Å²) in [6, 6.07) is 4.48. The summed E-state index contributed by atoms with van der Waals surface area (Å²) in [6.45, 7) is 3.15. The fraction of sp³-hybridized carbons (Fsp3) is 0.538. The lowest BCUT2D eigenvalue weighted by Crippen LogP contribution is -2.46. The maximum absolute atomic E-state index is 11.8. The molecule has 0 aliphatic carbocycles. The number of nitro groups is 1. The molecule has 0 saturated carbocycles. The Labute approximate surface area is 123 Å². The Balaban J connectivity index is 2.52. The van der Waals surface area contributed by atoms with E-state index in [4.69, 9.17) is 5.73 Å². The van der Waals surface area contributed by atoms with Gasteiger partial charge in [-0.3, -0.25) is 10.1 Å².